The Bertz CT molecular complexity index is 800. The highest BCUT2D eigenvalue weighted by Crippen LogP contribution is 2.20. The SMILES string of the molecule is Cc1nc(CCc2ccccc2)sc1C(=O)NCc1ccccn1. The second kappa shape index (κ2) is 7.84. The average Bonchev–Trinajstić information content (AvgIpc) is 3.00. The van der Waals surface area contributed by atoms with Gasteiger partial charge in [0.15, 0.2) is 0 Å². The summed E-state index contributed by atoms with van der Waals surface area (Å²) in [6.45, 7) is 2.31. The Balaban J connectivity index is 1.59. The maximum atomic E-state index is 12.4. The molecule has 24 heavy (non-hydrogen) atoms. The number of amides is 1. The van der Waals surface area contributed by atoms with Crippen LogP contribution in [0.1, 0.15) is 31.6 Å². The van der Waals surface area contributed by atoms with Crippen molar-refractivity contribution in [2.75, 3.05) is 0 Å². The van der Waals surface area contributed by atoms with Crippen molar-refractivity contribution in [3.05, 3.63) is 81.6 Å². The van der Waals surface area contributed by atoms with Gasteiger partial charge >= 0.3 is 0 Å². The maximum Gasteiger partial charge on any atom is 0.263 e. The van der Waals surface area contributed by atoms with Crippen LogP contribution in [0.4, 0.5) is 0 Å². The molecule has 0 radical (unpaired) electrons. The van der Waals surface area contributed by atoms with Crippen molar-refractivity contribution in [2.45, 2.75) is 26.3 Å². The van der Waals surface area contributed by atoms with Crippen molar-refractivity contribution in [1.29, 1.82) is 0 Å². The molecule has 0 aliphatic carbocycles. The topological polar surface area (TPSA) is 54.9 Å². The van der Waals surface area contributed by atoms with Gasteiger partial charge in [-0.05, 0) is 31.0 Å². The molecule has 0 bridgehead atoms. The molecule has 0 aliphatic heterocycles. The number of carbonyl (C=O) groups excluding carboxylic acids is 1. The van der Waals surface area contributed by atoms with Gasteiger partial charge in [-0.25, -0.2) is 4.98 Å². The van der Waals surface area contributed by atoms with E-state index in [9.17, 15) is 4.79 Å². The van der Waals surface area contributed by atoms with Crippen molar-refractivity contribution < 1.29 is 4.79 Å². The number of aryl methyl sites for hydroxylation is 3. The Morgan fingerprint density at radius 3 is 2.62 bits per heavy atom. The van der Waals surface area contributed by atoms with E-state index < -0.39 is 0 Å². The second-order valence-corrected chi connectivity index (χ2v) is 6.60. The molecule has 1 amide bonds. The molecule has 0 unspecified atom stereocenters. The summed E-state index contributed by atoms with van der Waals surface area (Å²) < 4.78 is 0. The lowest BCUT2D eigenvalue weighted by molar-refractivity contribution is 0.0953. The van der Waals surface area contributed by atoms with Gasteiger partial charge in [0.2, 0.25) is 0 Å². The van der Waals surface area contributed by atoms with Gasteiger partial charge in [-0.3, -0.25) is 9.78 Å². The summed E-state index contributed by atoms with van der Waals surface area (Å²) >= 11 is 1.48. The fraction of sp³-hybridized carbons (Fsp3) is 0.211. The van der Waals surface area contributed by atoms with Crippen LogP contribution in [0.5, 0.6) is 0 Å². The van der Waals surface area contributed by atoms with E-state index in [-0.39, 0.29) is 5.91 Å². The molecule has 2 aromatic heterocycles. The molecule has 1 N–H and O–H groups in total. The maximum absolute atomic E-state index is 12.4. The zero-order chi connectivity index (χ0) is 16.8. The number of hydrogen-bond acceptors (Lipinski definition) is 4. The van der Waals surface area contributed by atoms with Gasteiger partial charge in [-0.1, -0.05) is 36.4 Å². The molecule has 4 nitrogen and oxygen atoms in total. The number of nitrogens with one attached hydrogen (secondary N) is 1. The van der Waals surface area contributed by atoms with Crippen LogP contribution in [0.15, 0.2) is 54.7 Å². The van der Waals surface area contributed by atoms with E-state index in [1.54, 1.807) is 6.20 Å². The molecule has 5 heteroatoms. The zero-order valence-corrected chi connectivity index (χ0v) is 14.3. The second-order valence-electron chi connectivity index (χ2n) is 5.51. The summed E-state index contributed by atoms with van der Waals surface area (Å²) in [7, 11) is 0. The predicted molar refractivity (Wildman–Crippen MR) is 96.1 cm³/mol. The van der Waals surface area contributed by atoms with Gasteiger partial charge in [0.05, 0.1) is 22.9 Å². The first kappa shape index (κ1) is 16.3. The first-order valence-electron chi connectivity index (χ1n) is 7.90. The standard InChI is InChI=1S/C19H19N3OS/c1-14-18(19(23)21-13-16-9-5-6-12-20-16)24-17(22-14)11-10-15-7-3-2-4-8-15/h2-9,12H,10-11,13H2,1H3,(H,21,23). The summed E-state index contributed by atoms with van der Waals surface area (Å²) in [5.41, 5.74) is 2.92. The highest BCUT2D eigenvalue weighted by atomic mass is 32.1. The highest BCUT2D eigenvalue weighted by molar-refractivity contribution is 7.13. The van der Waals surface area contributed by atoms with Crippen LogP contribution in [0.2, 0.25) is 0 Å². The number of hydrogen-bond donors (Lipinski definition) is 1. The third-order valence-corrected chi connectivity index (χ3v) is 4.89. The van der Waals surface area contributed by atoms with Gasteiger partial charge in [0.1, 0.15) is 4.88 Å². The minimum Gasteiger partial charge on any atom is -0.346 e. The molecule has 0 spiro atoms. The fourth-order valence-corrected chi connectivity index (χ4v) is 3.40. The summed E-state index contributed by atoms with van der Waals surface area (Å²) in [6.07, 6.45) is 3.51. The lowest BCUT2D eigenvalue weighted by atomic mass is 10.1. The predicted octanol–water partition coefficient (Wildman–Crippen LogP) is 3.56. The van der Waals surface area contributed by atoms with E-state index in [2.05, 4.69) is 27.4 Å². The zero-order valence-electron chi connectivity index (χ0n) is 13.5. The summed E-state index contributed by atoms with van der Waals surface area (Å²) in [5.74, 6) is -0.0818. The van der Waals surface area contributed by atoms with Crippen molar-refractivity contribution >= 4 is 17.2 Å². The number of benzene rings is 1. The van der Waals surface area contributed by atoms with Gasteiger partial charge in [0, 0.05) is 12.6 Å². The molecule has 3 rings (SSSR count). The lowest BCUT2D eigenvalue weighted by Crippen LogP contribution is -2.23. The molecule has 0 atom stereocenters. The molecule has 0 aliphatic rings. The van der Waals surface area contributed by atoms with Crippen LogP contribution < -0.4 is 5.32 Å². The van der Waals surface area contributed by atoms with E-state index in [1.807, 2.05) is 43.3 Å². The molecule has 2 heterocycles. The third kappa shape index (κ3) is 4.26. The molecular weight excluding hydrogens is 318 g/mol. The van der Waals surface area contributed by atoms with E-state index in [0.29, 0.717) is 11.4 Å². The van der Waals surface area contributed by atoms with Crippen molar-refractivity contribution in [3.63, 3.8) is 0 Å². The smallest absolute Gasteiger partial charge is 0.263 e. The van der Waals surface area contributed by atoms with E-state index >= 15 is 0 Å². The van der Waals surface area contributed by atoms with Crippen LogP contribution in [0, 0.1) is 6.92 Å². The first-order chi connectivity index (χ1) is 11.7. The monoisotopic (exact) mass is 337 g/mol. The van der Waals surface area contributed by atoms with Gasteiger partial charge in [-0.15, -0.1) is 11.3 Å². The number of rotatable bonds is 6. The molecule has 0 fully saturated rings. The van der Waals surface area contributed by atoms with Crippen molar-refractivity contribution in [1.82, 2.24) is 15.3 Å². The average molecular weight is 337 g/mol. The number of thiazole rings is 1. The number of nitrogens with zero attached hydrogens (tertiary/aromatic N) is 2. The van der Waals surface area contributed by atoms with Gasteiger partial charge in [0.25, 0.3) is 5.91 Å². The highest BCUT2D eigenvalue weighted by Gasteiger charge is 2.15. The quantitative estimate of drug-likeness (QED) is 0.748. The van der Waals surface area contributed by atoms with Crippen LogP contribution in [0.3, 0.4) is 0 Å². The number of pyridine rings is 1. The summed E-state index contributed by atoms with van der Waals surface area (Å²) in [5, 5.41) is 3.91. The van der Waals surface area contributed by atoms with Crippen LogP contribution in [0.25, 0.3) is 0 Å². The van der Waals surface area contributed by atoms with Crippen LogP contribution >= 0.6 is 11.3 Å². The fourth-order valence-electron chi connectivity index (χ4n) is 2.42. The normalized spacial score (nSPS) is 10.5. The van der Waals surface area contributed by atoms with Crippen molar-refractivity contribution in [3.8, 4) is 0 Å². The van der Waals surface area contributed by atoms with Crippen LogP contribution in [-0.4, -0.2) is 15.9 Å². The molecule has 1 aromatic carbocycles. The summed E-state index contributed by atoms with van der Waals surface area (Å²) in [6, 6.07) is 16.0. The van der Waals surface area contributed by atoms with E-state index in [1.165, 1.54) is 16.9 Å². The Hall–Kier alpha value is -2.53. The third-order valence-electron chi connectivity index (χ3n) is 3.67. The van der Waals surface area contributed by atoms with Crippen molar-refractivity contribution in [2.24, 2.45) is 0 Å². The lowest BCUT2D eigenvalue weighted by Gasteiger charge is -2.03. The van der Waals surface area contributed by atoms with Crippen LogP contribution in [-0.2, 0) is 19.4 Å². The Morgan fingerprint density at radius 1 is 1.08 bits per heavy atom. The summed E-state index contributed by atoms with van der Waals surface area (Å²) in [4.78, 5) is 21.8. The Morgan fingerprint density at radius 2 is 1.88 bits per heavy atom. The molecule has 0 saturated heterocycles. The van der Waals surface area contributed by atoms with E-state index in [0.717, 1.165) is 29.2 Å². The van der Waals surface area contributed by atoms with Gasteiger partial charge in [-0.2, -0.15) is 0 Å². The molecule has 3 aromatic rings. The number of carbonyl (C=O) groups is 1. The Labute approximate surface area is 145 Å². The number of aromatic nitrogens is 2. The minimum absolute atomic E-state index is 0.0818. The largest absolute Gasteiger partial charge is 0.346 e. The molecule has 0 saturated carbocycles. The van der Waals surface area contributed by atoms with E-state index in [4.69, 9.17) is 0 Å². The minimum atomic E-state index is -0.0818. The van der Waals surface area contributed by atoms with Gasteiger partial charge < -0.3 is 5.32 Å². The molecule has 122 valence electrons. The first-order valence-corrected chi connectivity index (χ1v) is 8.72. The Kier molecular flexibility index (Phi) is 5.33. The molecular formula is C19H19N3OS.